The summed E-state index contributed by atoms with van der Waals surface area (Å²) in [5.41, 5.74) is 8.48. The van der Waals surface area contributed by atoms with Crippen LogP contribution in [-0.4, -0.2) is 14.5 Å². The summed E-state index contributed by atoms with van der Waals surface area (Å²) in [7, 11) is 1.84. The summed E-state index contributed by atoms with van der Waals surface area (Å²) >= 11 is 0. The number of non-ortho nitro benzene ring substituents is 1. The minimum Gasteiger partial charge on any atom is -0.369 e. The largest absolute Gasteiger partial charge is 0.369 e. The molecule has 94 valence electrons. The molecule has 2 rings (SSSR count). The maximum atomic E-state index is 10.7. The molecule has 0 aliphatic rings. The SMILES string of the molecule is Cc1c(Cc2cccc([N+](=O)[O-])c2)nc(N)n1C. The molecule has 0 aliphatic heterocycles. The van der Waals surface area contributed by atoms with Crippen LogP contribution in [0.2, 0.25) is 0 Å². The Morgan fingerprint density at radius 3 is 2.78 bits per heavy atom. The molecule has 1 aromatic carbocycles. The van der Waals surface area contributed by atoms with Gasteiger partial charge in [-0.2, -0.15) is 0 Å². The lowest BCUT2D eigenvalue weighted by Crippen LogP contribution is -1.98. The van der Waals surface area contributed by atoms with Gasteiger partial charge in [-0.15, -0.1) is 0 Å². The molecule has 18 heavy (non-hydrogen) atoms. The van der Waals surface area contributed by atoms with Gasteiger partial charge in [0.1, 0.15) is 0 Å². The van der Waals surface area contributed by atoms with Crippen LogP contribution in [0.1, 0.15) is 17.0 Å². The number of aromatic nitrogens is 2. The second-order valence-corrected chi connectivity index (χ2v) is 4.16. The minimum absolute atomic E-state index is 0.0917. The molecule has 0 bridgehead atoms. The van der Waals surface area contributed by atoms with Crippen molar-refractivity contribution >= 4 is 11.6 Å². The maximum absolute atomic E-state index is 10.7. The summed E-state index contributed by atoms with van der Waals surface area (Å²) < 4.78 is 1.80. The number of imidazole rings is 1. The number of rotatable bonds is 3. The average Bonchev–Trinajstić information content (AvgIpc) is 2.57. The molecule has 0 saturated heterocycles. The summed E-state index contributed by atoms with van der Waals surface area (Å²) in [5.74, 6) is 0.452. The average molecular weight is 246 g/mol. The Hall–Kier alpha value is -2.37. The van der Waals surface area contributed by atoms with Crippen LogP contribution in [0.25, 0.3) is 0 Å². The standard InChI is InChI=1S/C12H14N4O2/c1-8-11(14-12(13)15(8)2)7-9-4-3-5-10(6-9)16(17)18/h3-6H,7H2,1-2H3,(H2,13,14). The van der Waals surface area contributed by atoms with E-state index < -0.39 is 4.92 Å². The first-order valence-corrected chi connectivity index (χ1v) is 5.50. The Morgan fingerprint density at radius 2 is 2.22 bits per heavy atom. The lowest BCUT2D eigenvalue weighted by Gasteiger charge is -2.01. The third kappa shape index (κ3) is 2.17. The first-order valence-electron chi connectivity index (χ1n) is 5.50. The van der Waals surface area contributed by atoms with E-state index in [4.69, 9.17) is 5.73 Å². The van der Waals surface area contributed by atoms with Gasteiger partial charge >= 0.3 is 0 Å². The maximum Gasteiger partial charge on any atom is 0.269 e. The molecule has 0 radical (unpaired) electrons. The van der Waals surface area contributed by atoms with Gasteiger partial charge in [0.2, 0.25) is 0 Å². The quantitative estimate of drug-likeness (QED) is 0.660. The fourth-order valence-electron chi connectivity index (χ4n) is 1.80. The van der Waals surface area contributed by atoms with E-state index >= 15 is 0 Å². The molecule has 0 amide bonds. The van der Waals surface area contributed by atoms with E-state index in [9.17, 15) is 10.1 Å². The molecule has 0 saturated carbocycles. The molecular weight excluding hydrogens is 232 g/mol. The molecular formula is C12H14N4O2. The predicted molar refractivity (Wildman–Crippen MR) is 68.3 cm³/mol. The Bertz CT molecular complexity index is 604. The highest BCUT2D eigenvalue weighted by atomic mass is 16.6. The van der Waals surface area contributed by atoms with E-state index in [-0.39, 0.29) is 5.69 Å². The first kappa shape index (κ1) is 12.1. The number of nitrogens with two attached hydrogens (primary N) is 1. The van der Waals surface area contributed by atoms with Crippen molar-refractivity contribution in [2.45, 2.75) is 13.3 Å². The van der Waals surface area contributed by atoms with Crippen LogP contribution in [-0.2, 0) is 13.5 Å². The molecule has 1 heterocycles. The van der Waals surface area contributed by atoms with E-state index in [0.29, 0.717) is 12.4 Å². The molecule has 0 aliphatic carbocycles. The number of nitro groups is 1. The van der Waals surface area contributed by atoms with Crippen molar-refractivity contribution in [1.29, 1.82) is 0 Å². The summed E-state index contributed by atoms with van der Waals surface area (Å²) in [5, 5.41) is 10.7. The Kier molecular flexibility index (Phi) is 3.01. The van der Waals surface area contributed by atoms with Crippen LogP contribution < -0.4 is 5.73 Å². The van der Waals surface area contributed by atoms with Crippen molar-refractivity contribution in [2.75, 3.05) is 5.73 Å². The molecule has 6 nitrogen and oxygen atoms in total. The molecule has 0 atom stereocenters. The van der Waals surface area contributed by atoms with Gasteiger partial charge in [-0.05, 0) is 12.5 Å². The van der Waals surface area contributed by atoms with Gasteiger partial charge < -0.3 is 10.3 Å². The topological polar surface area (TPSA) is 87.0 Å². The predicted octanol–water partition coefficient (Wildman–Crippen LogP) is 1.81. The number of anilines is 1. The first-order chi connectivity index (χ1) is 8.49. The normalized spacial score (nSPS) is 10.6. The molecule has 0 fully saturated rings. The van der Waals surface area contributed by atoms with Gasteiger partial charge in [0.25, 0.3) is 5.69 Å². The number of nitrogens with zero attached hydrogens (tertiary/aromatic N) is 3. The highest BCUT2D eigenvalue weighted by Gasteiger charge is 2.11. The van der Waals surface area contributed by atoms with Crippen LogP contribution in [0.3, 0.4) is 0 Å². The van der Waals surface area contributed by atoms with Crippen molar-refractivity contribution < 1.29 is 4.92 Å². The Balaban J connectivity index is 2.31. The highest BCUT2D eigenvalue weighted by molar-refractivity contribution is 5.38. The van der Waals surface area contributed by atoms with Crippen molar-refractivity contribution in [3.63, 3.8) is 0 Å². The summed E-state index contributed by atoms with van der Waals surface area (Å²) in [6.07, 6.45) is 0.540. The zero-order chi connectivity index (χ0) is 13.3. The van der Waals surface area contributed by atoms with Crippen molar-refractivity contribution in [3.05, 3.63) is 51.3 Å². The van der Waals surface area contributed by atoms with E-state index in [1.807, 2.05) is 20.0 Å². The Labute approximate surface area is 104 Å². The van der Waals surface area contributed by atoms with Crippen LogP contribution in [0.4, 0.5) is 11.6 Å². The van der Waals surface area contributed by atoms with Gasteiger partial charge in [0.05, 0.1) is 10.6 Å². The van der Waals surface area contributed by atoms with Gasteiger partial charge in [0, 0.05) is 31.3 Å². The molecule has 2 N–H and O–H groups in total. The highest BCUT2D eigenvalue weighted by Crippen LogP contribution is 2.18. The Morgan fingerprint density at radius 1 is 1.50 bits per heavy atom. The van der Waals surface area contributed by atoms with Gasteiger partial charge in [-0.1, -0.05) is 12.1 Å². The zero-order valence-electron chi connectivity index (χ0n) is 10.3. The third-order valence-corrected chi connectivity index (χ3v) is 3.01. The number of hydrogen-bond donors (Lipinski definition) is 1. The molecule has 2 aromatic rings. The van der Waals surface area contributed by atoms with Crippen molar-refractivity contribution in [2.24, 2.45) is 7.05 Å². The fraction of sp³-hybridized carbons (Fsp3) is 0.250. The van der Waals surface area contributed by atoms with Crippen LogP contribution in [0.5, 0.6) is 0 Å². The lowest BCUT2D eigenvalue weighted by atomic mass is 10.1. The number of hydrogen-bond acceptors (Lipinski definition) is 4. The van der Waals surface area contributed by atoms with Gasteiger partial charge in [0.15, 0.2) is 5.95 Å². The van der Waals surface area contributed by atoms with Crippen molar-refractivity contribution in [3.8, 4) is 0 Å². The monoisotopic (exact) mass is 246 g/mol. The number of nitro benzene ring substituents is 1. The third-order valence-electron chi connectivity index (χ3n) is 3.01. The summed E-state index contributed by atoms with van der Waals surface area (Å²) in [4.78, 5) is 14.5. The molecule has 0 unspecified atom stereocenters. The van der Waals surface area contributed by atoms with E-state index in [1.54, 1.807) is 16.7 Å². The number of nitrogen functional groups attached to an aromatic ring is 1. The molecule has 6 heteroatoms. The minimum atomic E-state index is -0.400. The zero-order valence-corrected chi connectivity index (χ0v) is 10.3. The van der Waals surface area contributed by atoms with E-state index in [0.717, 1.165) is 17.0 Å². The van der Waals surface area contributed by atoms with Crippen LogP contribution in [0.15, 0.2) is 24.3 Å². The number of benzene rings is 1. The summed E-state index contributed by atoms with van der Waals surface area (Å²) in [6.45, 7) is 1.93. The lowest BCUT2D eigenvalue weighted by molar-refractivity contribution is -0.384. The fourth-order valence-corrected chi connectivity index (χ4v) is 1.80. The van der Waals surface area contributed by atoms with Crippen molar-refractivity contribution in [1.82, 2.24) is 9.55 Å². The van der Waals surface area contributed by atoms with E-state index in [2.05, 4.69) is 4.98 Å². The van der Waals surface area contributed by atoms with Crippen LogP contribution >= 0.6 is 0 Å². The summed E-state index contributed by atoms with van der Waals surface area (Å²) in [6, 6.07) is 6.56. The van der Waals surface area contributed by atoms with Gasteiger partial charge in [-0.25, -0.2) is 4.98 Å². The van der Waals surface area contributed by atoms with E-state index in [1.165, 1.54) is 6.07 Å². The van der Waals surface area contributed by atoms with Crippen LogP contribution in [0, 0.1) is 17.0 Å². The van der Waals surface area contributed by atoms with Gasteiger partial charge in [-0.3, -0.25) is 10.1 Å². The second kappa shape index (κ2) is 4.48. The molecule has 1 aromatic heterocycles. The smallest absolute Gasteiger partial charge is 0.269 e. The second-order valence-electron chi connectivity index (χ2n) is 4.16. The molecule has 0 spiro atoms.